The molecule has 32 heavy (non-hydrogen) atoms. The minimum atomic E-state index is -1.03. The van der Waals surface area contributed by atoms with Gasteiger partial charge in [0.25, 0.3) is 0 Å². The van der Waals surface area contributed by atoms with E-state index < -0.39 is 11.6 Å². The lowest BCUT2D eigenvalue weighted by molar-refractivity contribution is -0.113. The van der Waals surface area contributed by atoms with E-state index >= 15 is 0 Å². The Morgan fingerprint density at radius 1 is 1.12 bits per heavy atom. The summed E-state index contributed by atoms with van der Waals surface area (Å²) in [4.78, 5) is 12.3. The number of methoxy groups -OCH3 is 1. The number of thioether (sulfide) groups is 1. The number of hydrogen-bond donors (Lipinski definition) is 1. The van der Waals surface area contributed by atoms with E-state index in [0.29, 0.717) is 29.0 Å². The van der Waals surface area contributed by atoms with Crippen molar-refractivity contribution in [2.45, 2.75) is 11.7 Å². The Kier molecular flexibility index (Phi) is 6.50. The molecule has 0 aliphatic rings. The van der Waals surface area contributed by atoms with Gasteiger partial charge < -0.3 is 14.5 Å². The van der Waals surface area contributed by atoms with Crippen LogP contribution in [-0.4, -0.2) is 33.5 Å². The van der Waals surface area contributed by atoms with E-state index in [4.69, 9.17) is 9.15 Å². The van der Waals surface area contributed by atoms with Gasteiger partial charge >= 0.3 is 0 Å². The van der Waals surface area contributed by atoms with Crippen molar-refractivity contribution < 1.29 is 22.7 Å². The molecule has 0 aliphatic carbocycles. The van der Waals surface area contributed by atoms with Gasteiger partial charge in [-0.05, 0) is 48.5 Å². The number of carbonyl (C=O) groups excluding carboxylic acids is 1. The van der Waals surface area contributed by atoms with Crippen LogP contribution in [0.4, 0.5) is 14.5 Å². The maximum Gasteiger partial charge on any atom is 0.234 e. The number of amides is 1. The molecular weight excluding hydrogens is 438 g/mol. The largest absolute Gasteiger partial charge is 0.497 e. The van der Waals surface area contributed by atoms with Gasteiger partial charge in [-0.3, -0.25) is 9.36 Å². The molecule has 2 aromatic carbocycles. The zero-order valence-corrected chi connectivity index (χ0v) is 17.7. The van der Waals surface area contributed by atoms with Crippen LogP contribution < -0.4 is 10.1 Å². The van der Waals surface area contributed by atoms with Crippen LogP contribution in [0.2, 0.25) is 0 Å². The van der Waals surface area contributed by atoms with E-state index in [2.05, 4.69) is 15.5 Å². The third-order valence-corrected chi connectivity index (χ3v) is 5.46. The molecular formula is C22H18F2N4O3S. The number of rotatable bonds is 8. The second kappa shape index (κ2) is 9.65. The fraction of sp³-hybridized carbons (Fsp3) is 0.136. The van der Waals surface area contributed by atoms with Crippen molar-refractivity contribution in [1.82, 2.24) is 14.8 Å². The molecule has 7 nitrogen and oxygen atoms in total. The van der Waals surface area contributed by atoms with Crippen LogP contribution in [0.15, 0.2) is 70.4 Å². The van der Waals surface area contributed by atoms with E-state index in [1.165, 1.54) is 17.8 Å². The van der Waals surface area contributed by atoms with Gasteiger partial charge in [0.2, 0.25) is 5.91 Å². The minimum Gasteiger partial charge on any atom is -0.497 e. The molecule has 0 saturated heterocycles. The smallest absolute Gasteiger partial charge is 0.234 e. The van der Waals surface area contributed by atoms with Crippen LogP contribution in [-0.2, 0) is 11.3 Å². The van der Waals surface area contributed by atoms with E-state index in [1.54, 1.807) is 19.4 Å². The van der Waals surface area contributed by atoms with Crippen molar-refractivity contribution in [1.29, 1.82) is 0 Å². The molecule has 0 aliphatic heterocycles. The molecule has 0 bridgehead atoms. The number of aromatic nitrogens is 3. The van der Waals surface area contributed by atoms with Crippen molar-refractivity contribution in [2.24, 2.45) is 0 Å². The van der Waals surface area contributed by atoms with Crippen molar-refractivity contribution in [3.8, 4) is 17.1 Å². The van der Waals surface area contributed by atoms with E-state index in [9.17, 15) is 13.6 Å². The topological polar surface area (TPSA) is 82.2 Å². The fourth-order valence-electron chi connectivity index (χ4n) is 2.95. The maximum absolute atomic E-state index is 13.4. The summed E-state index contributed by atoms with van der Waals surface area (Å²) in [5.74, 6) is -0.376. The normalized spacial score (nSPS) is 10.8. The number of furan rings is 1. The van der Waals surface area contributed by atoms with Crippen LogP contribution in [0.1, 0.15) is 5.76 Å². The molecule has 0 unspecified atom stereocenters. The first kappa shape index (κ1) is 21.6. The van der Waals surface area contributed by atoms with Gasteiger partial charge in [0.15, 0.2) is 22.6 Å². The highest BCUT2D eigenvalue weighted by molar-refractivity contribution is 7.99. The number of anilines is 1. The summed E-state index contributed by atoms with van der Waals surface area (Å²) < 4.78 is 38.9. The molecule has 2 heterocycles. The summed E-state index contributed by atoms with van der Waals surface area (Å²) in [6, 6.07) is 14.2. The maximum atomic E-state index is 13.4. The summed E-state index contributed by atoms with van der Waals surface area (Å²) in [5, 5.41) is 11.6. The first-order chi connectivity index (χ1) is 15.5. The second-order valence-corrected chi connectivity index (χ2v) is 7.61. The van der Waals surface area contributed by atoms with Gasteiger partial charge in [-0.2, -0.15) is 0 Å². The molecule has 2 aromatic heterocycles. The molecule has 4 rings (SSSR count). The van der Waals surface area contributed by atoms with Crippen molar-refractivity contribution >= 4 is 23.4 Å². The molecule has 0 spiro atoms. The average molecular weight is 456 g/mol. The average Bonchev–Trinajstić information content (AvgIpc) is 3.45. The van der Waals surface area contributed by atoms with E-state index in [-0.39, 0.29) is 17.3 Å². The summed E-state index contributed by atoms with van der Waals surface area (Å²) >= 11 is 1.17. The van der Waals surface area contributed by atoms with Crippen LogP contribution in [0.25, 0.3) is 11.4 Å². The Morgan fingerprint density at radius 3 is 2.62 bits per heavy atom. The van der Waals surface area contributed by atoms with Crippen LogP contribution in [0, 0.1) is 11.6 Å². The predicted octanol–water partition coefficient (Wildman–Crippen LogP) is 4.60. The highest BCUT2D eigenvalue weighted by Crippen LogP contribution is 2.27. The van der Waals surface area contributed by atoms with Gasteiger partial charge in [0.1, 0.15) is 11.5 Å². The first-order valence-electron chi connectivity index (χ1n) is 9.51. The monoisotopic (exact) mass is 456 g/mol. The molecule has 0 radical (unpaired) electrons. The van der Waals surface area contributed by atoms with Crippen molar-refractivity contribution in [2.75, 3.05) is 18.2 Å². The highest BCUT2D eigenvalue weighted by Gasteiger charge is 2.17. The molecule has 4 aromatic rings. The van der Waals surface area contributed by atoms with E-state index in [0.717, 1.165) is 17.7 Å². The highest BCUT2D eigenvalue weighted by atomic mass is 32.2. The Morgan fingerprint density at radius 2 is 1.94 bits per heavy atom. The van der Waals surface area contributed by atoms with Crippen molar-refractivity contribution in [3.05, 3.63) is 78.3 Å². The van der Waals surface area contributed by atoms with Gasteiger partial charge in [0.05, 0.1) is 25.7 Å². The number of hydrogen-bond acceptors (Lipinski definition) is 6. The van der Waals surface area contributed by atoms with Crippen molar-refractivity contribution in [3.63, 3.8) is 0 Å². The third kappa shape index (κ3) is 4.97. The van der Waals surface area contributed by atoms with E-state index in [1.807, 2.05) is 34.9 Å². The predicted molar refractivity (Wildman–Crippen MR) is 116 cm³/mol. The molecule has 0 saturated carbocycles. The second-order valence-electron chi connectivity index (χ2n) is 6.67. The summed E-state index contributed by atoms with van der Waals surface area (Å²) in [6.07, 6.45) is 1.58. The first-order valence-corrected chi connectivity index (χ1v) is 10.5. The summed E-state index contributed by atoms with van der Waals surface area (Å²) in [7, 11) is 1.59. The Labute approximate surface area is 186 Å². The van der Waals surface area contributed by atoms with Gasteiger partial charge in [-0.25, -0.2) is 8.78 Å². The van der Waals surface area contributed by atoms with Crippen LogP contribution in [0.3, 0.4) is 0 Å². The zero-order valence-electron chi connectivity index (χ0n) is 16.9. The molecule has 0 atom stereocenters. The van der Waals surface area contributed by atoms with Crippen LogP contribution >= 0.6 is 11.8 Å². The van der Waals surface area contributed by atoms with Gasteiger partial charge in [-0.15, -0.1) is 10.2 Å². The van der Waals surface area contributed by atoms with Gasteiger partial charge in [-0.1, -0.05) is 11.8 Å². The summed E-state index contributed by atoms with van der Waals surface area (Å²) in [6.45, 7) is 0.370. The number of ether oxygens (including phenoxy) is 1. The fourth-order valence-corrected chi connectivity index (χ4v) is 3.69. The van der Waals surface area contributed by atoms with Gasteiger partial charge in [0, 0.05) is 17.3 Å². The molecule has 1 N–H and O–H groups in total. The van der Waals surface area contributed by atoms with Crippen LogP contribution in [0.5, 0.6) is 5.75 Å². The quantitative estimate of drug-likeness (QED) is 0.390. The Hall–Kier alpha value is -3.66. The third-order valence-electron chi connectivity index (χ3n) is 4.49. The number of benzene rings is 2. The molecule has 1 amide bonds. The number of nitrogens with one attached hydrogen (secondary N) is 1. The molecule has 0 fully saturated rings. The zero-order chi connectivity index (χ0) is 22.5. The molecule has 164 valence electrons. The summed E-state index contributed by atoms with van der Waals surface area (Å²) in [5.41, 5.74) is 0.994. The number of halogens is 2. The lowest BCUT2D eigenvalue weighted by Gasteiger charge is -2.10. The lowest BCUT2D eigenvalue weighted by Crippen LogP contribution is -2.15. The Balaban J connectivity index is 1.52. The Bertz CT molecular complexity index is 1210. The lowest BCUT2D eigenvalue weighted by atomic mass is 10.2. The number of nitrogens with zero attached hydrogens (tertiary/aromatic N) is 3. The molecule has 10 heteroatoms. The standard InChI is InChI=1S/C22H18F2N4O3S/c1-30-16-7-4-14(5-8-16)21-26-27-22(28(21)12-17-3-2-10-31-17)32-13-20(29)25-15-6-9-18(23)19(24)11-15/h2-11H,12-13H2,1H3,(H,25,29). The number of carbonyl (C=O) groups is 1. The SMILES string of the molecule is COc1ccc(-c2nnc(SCC(=O)Nc3ccc(F)c(F)c3)n2Cc2ccco2)cc1. The minimum absolute atomic E-state index is 0.00209.